The number of ketones is 1. The van der Waals surface area contributed by atoms with Crippen molar-refractivity contribution in [3.63, 3.8) is 0 Å². The molecular formula is C13H12N2O3. The Morgan fingerprint density at radius 2 is 2.17 bits per heavy atom. The third-order valence-electron chi connectivity index (χ3n) is 3.44. The molecule has 1 aromatic carbocycles. The lowest BCUT2D eigenvalue weighted by Crippen LogP contribution is -2.13. The van der Waals surface area contributed by atoms with Crippen molar-refractivity contribution >= 4 is 17.0 Å². The highest BCUT2D eigenvalue weighted by Gasteiger charge is 2.33. The highest BCUT2D eigenvalue weighted by Crippen LogP contribution is 2.39. The molecule has 0 saturated heterocycles. The van der Waals surface area contributed by atoms with Gasteiger partial charge in [0.1, 0.15) is 0 Å². The molecule has 0 atom stereocenters. The van der Waals surface area contributed by atoms with Gasteiger partial charge in [0.2, 0.25) is 0 Å². The van der Waals surface area contributed by atoms with Gasteiger partial charge in [-0.1, -0.05) is 12.1 Å². The van der Waals surface area contributed by atoms with Crippen LogP contribution in [-0.2, 0) is 11.2 Å². The standard InChI is InChI=1S/C13H12N2O3/c16-11-5-2-6-14-9-7-8-3-1-4-10(15(17)18)12(8)13(9)11/h1,3-4,14H,2,5-7H2. The second-order valence-corrected chi connectivity index (χ2v) is 4.55. The molecule has 0 bridgehead atoms. The van der Waals surface area contributed by atoms with Crippen molar-refractivity contribution in [2.45, 2.75) is 19.3 Å². The van der Waals surface area contributed by atoms with E-state index in [2.05, 4.69) is 5.32 Å². The zero-order chi connectivity index (χ0) is 12.7. The van der Waals surface area contributed by atoms with E-state index in [4.69, 9.17) is 0 Å². The van der Waals surface area contributed by atoms with E-state index in [9.17, 15) is 14.9 Å². The van der Waals surface area contributed by atoms with Crippen LogP contribution < -0.4 is 5.32 Å². The third kappa shape index (κ3) is 1.51. The molecule has 3 rings (SSSR count). The van der Waals surface area contributed by atoms with Crippen molar-refractivity contribution in [3.05, 3.63) is 45.1 Å². The fourth-order valence-corrected chi connectivity index (χ4v) is 2.68. The van der Waals surface area contributed by atoms with Crippen LogP contribution in [0.3, 0.4) is 0 Å². The van der Waals surface area contributed by atoms with Crippen LogP contribution in [0.15, 0.2) is 23.9 Å². The summed E-state index contributed by atoms with van der Waals surface area (Å²) in [6.45, 7) is 0.756. The number of hydrogen-bond donors (Lipinski definition) is 1. The zero-order valence-electron chi connectivity index (χ0n) is 9.73. The van der Waals surface area contributed by atoms with Gasteiger partial charge in [0, 0.05) is 31.1 Å². The van der Waals surface area contributed by atoms with Gasteiger partial charge in [0.15, 0.2) is 5.78 Å². The maximum absolute atomic E-state index is 12.1. The number of Topliss-reactive ketones (excluding diaryl/α,β-unsaturated/α-hetero) is 1. The number of benzene rings is 1. The Hall–Kier alpha value is -2.17. The minimum atomic E-state index is -0.410. The fourth-order valence-electron chi connectivity index (χ4n) is 2.68. The third-order valence-corrected chi connectivity index (χ3v) is 3.44. The van der Waals surface area contributed by atoms with Gasteiger partial charge in [0.25, 0.3) is 5.69 Å². The number of hydrogen-bond acceptors (Lipinski definition) is 4. The van der Waals surface area contributed by atoms with Gasteiger partial charge in [-0.25, -0.2) is 0 Å². The number of carbonyl (C=O) groups is 1. The molecule has 1 aromatic rings. The summed E-state index contributed by atoms with van der Waals surface area (Å²) in [5, 5.41) is 14.3. The topological polar surface area (TPSA) is 72.2 Å². The molecule has 18 heavy (non-hydrogen) atoms. The summed E-state index contributed by atoms with van der Waals surface area (Å²) < 4.78 is 0. The summed E-state index contributed by atoms with van der Waals surface area (Å²) in [6, 6.07) is 4.99. The molecule has 0 saturated carbocycles. The van der Waals surface area contributed by atoms with Crippen LogP contribution in [0, 0.1) is 10.1 Å². The highest BCUT2D eigenvalue weighted by molar-refractivity contribution is 6.24. The summed E-state index contributed by atoms with van der Waals surface area (Å²) >= 11 is 0. The molecule has 92 valence electrons. The molecule has 1 heterocycles. The van der Waals surface area contributed by atoms with Crippen LogP contribution in [0.1, 0.15) is 24.0 Å². The minimum Gasteiger partial charge on any atom is -0.387 e. The number of carbonyl (C=O) groups excluding carboxylic acids is 1. The maximum atomic E-state index is 12.1. The number of nitrogens with one attached hydrogen (secondary N) is 1. The molecule has 0 unspecified atom stereocenters. The molecule has 0 spiro atoms. The van der Waals surface area contributed by atoms with Gasteiger partial charge in [-0.2, -0.15) is 0 Å². The van der Waals surface area contributed by atoms with Gasteiger partial charge in [-0.15, -0.1) is 0 Å². The Kier molecular flexibility index (Phi) is 2.40. The van der Waals surface area contributed by atoms with Gasteiger partial charge in [-0.3, -0.25) is 14.9 Å². The molecule has 5 nitrogen and oxygen atoms in total. The Morgan fingerprint density at radius 1 is 1.33 bits per heavy atom. The van der Waals surface area contributed by atoms with E-state index in [1.807, 2.05) is 6.07 Å². The molecule has 5 heteroatoms. The van der Waals surface area contributed by atoms with Gasteiger partial charge < -0.3 is 5.32 Å². The summed E-state index contributed by atoms with van der Waals surface area (Å²) in [4.78, 5) is 22.8. The first kappa shape index (κ1) is 11.0. The van der Waals surface area contributed by atoms with E-state index >= 15 is 0 Å². The van der Waals surface area contributed by atoms with E-state index in [0.29, 0.717) is 24.0 Å². The first-order valence-corrected chi connectivity index (χ1v) is 5.95. The van der Waals surface area contributed by atoms with Gasteiger partial charge in [0.05, 0.1) is 16.1 Å². The molecule has 0 aromatic heterocycles. The minimum absolute atomic E-state index is 0.0167. The van der Waals surface area contributed by atoms with Gasteiger partial charge >= 0.3 is 0 Å². The molecule has 0 amide bonds. The second kappa shape index (κ2) is 3.94. The molecule has 0 fully saturated rings. The quantitative estimate of drug-likeness (QED) is 0.604. The van der Waals surface area contributed by atoms with Crippen molar-refractivity contribution in [3.8, 4) is 0 Å². The Labute approximate surface area is 104 Å². The van der Waals surface area contributed by atoms with E-state index in [-0.39, 0.29) is 11.5 Å². The Bertz CT molecular complexity index is 590. The smallest absolute Gasteiger partial charge is 0.277 e. The maximum Gasteiger partial charge on any atom is 0.277 e. The first-order valence-electron chi connectivity index (χ1n) is 5.95. The average molecular weight is 244 g/mol. The van der Waals surface area contributed by atoms with E-state index < -0.39 is 4.92 Å². The SMILES string of the molecule is O=C1CCCNC2=C1c1c(cccc1[N+](=O)[O-])C2. The first-order chi connectivity index (χ1) is 8.68. The molecule has 1 N–H and O–H groups in total. The molecule has 1 aliphatic heterocycles. The zero-order valence-corrected chi connectivity index (χ0v) is 9.73. The number of nitro benzene ring substituents is 1. The predicted octanol–water partition coefficient (Wildman–Crippen LogP) is 1.81. The summed E-state index contributed by atoms with van der Waals surface area (Å²) in [5.41, 5.74) is 2.82. The average Bonchev–Trinajstić information content (AvgIpc) is 2.62. The fraction of sp³-hybridized carbons (Fsp3) is 0.308. The van der Waals surface area contributed by atoms with Crippen molar-refractivity contribution in [2.24, 2.45) is 0 Å². The normalized spacial score (nSPS) is 17.9. The van der Waals surface area contributed by atoms with Crippen molar-refractivity contribution in [2.75, 3.05) is 6.54 Å². The van der Waals surface area contributed by atoms with Crippen LogP contribution in [0.4, 0.5) is 5.69 Å². The molecule has 0 radical (unpaired) electrons. The van der Waals surface area contributed by atoms with Crippen LogP contribution in [0.25, 0.3) is 5.57 Å². The Morgan fingerprint density at radius 3 is 2.94 bits per heavy atom. The summed E-state index contributed by atoms with van der Waals surface area (Å²) in [5.74, 6) is 0.0167. The number of nitrogens with zero attached hydrogens (tertiary/aromatic N) is 1. The molecule has 1 aliphatic carbocycles. The van der Waals surface area contributed by atoms with Crippen molar-refractivity contribution < 1.29 is 9.72 Å². The van der Waals surface area contributed by atoms with E-state index in [1.54, 1.807) is 6.07 Å². The van der Waals surface area contributed by atoms with Gasteiger partial charge in [-0.05, 0) is 12.0 Å². The van der Waals surface area contributed by atoms with Crippen LogP contribution in [-0.4, -0.2) is 17.3 Å². The lowest BCUT2D eigenvalue weighted by Gasteiger charge is -2.04. The second-order valence-electron chi connectivity index (χ2n) is 4.55. The predicted molar refractivity (Wildman–Crippen MR) is 66.0 cm³/mol. The molecule has 2 aliphatic rings. The lowest BCUT2D eigenvalue weighted by atomic mass is 9.98. The number of fused-ring (bicyclic) bond motifs is 2. The summed E-state index contributed by atoms with van der Waals surface area (Å²) in [7, 11) is 0. The number of allylic oxidation sites excluding steroid dienone is 2. The van der Waals surface area contributed by atoms with Crippen LogP contribution in [0.2, 0.25) is 0 Å². The monoisotopic (exact) mass is 244 g/mol. The Balaban J connectivity index is 2.21. The van der Waals surface area contributed by atoms with E-state index in [0.717, 1.165) is 24.2 Å². The highest BCUT2D eigenvalue weighted by atomic mass is 16.6. The number of nitro groups is 1. The van der Waals surface area contributed by atoms with Crippen molar-refractivity contribution in [1.82, 2.24) is 5.32 Å². The van der Waals surface area contributed by atoms with Crippen LogP contribution in [0.5, 0.6) is 0 Å². The van der Waals surface area contributed by atoms with Crippen LogP contribution >= 0.6 is 0 Å². The summed E-state index contributed by atoms with van der Waals surface area (Å²) in [6.07, 6.45) is 1.83. The number of rotatable bonds is 1. The van der Waals surface area contributed by atoms with Crippen molar-refractivity contribution in [1.29, 1.82) is 0 Å². The largest absolute Gasteiger partial charge is 0.387 e. The lowest BCUT2D eigenvalue weighted by molar-refractivity contribution is -0.385. The molecular weight excluding hydrogens is 232 g/mol. The van der Waals surface area contributed by atoms with E-state index in [1.165, 1.54) is 6.07 Å².